The zero-order valence-corrected chi connectivity index (χ0v) is 15.1. The summed E-state index contributed by atoms with van der Waals surface area (Å²) >= 11 is 0. The molecule has 2 saturated heterocycles. The Morgan fingerprint density at radius 1 is 0.963 bits per heavy atom. The molecule has 3 aliphatic rings. The lowest BCUT2D eigenvalue weighted by molar-refractivity contribution is 0.0569. The molecular weight excluding hydrogens is 342 g/mol. The van der Waals surface area contributed by atoms with Gasteiger partial charge in [0.1, 0.15) is 19.0 Å². The molecule has 140 valence electrons. The molecule has 3 heterocycles. The van der Waals surface area contributed by atoms with Crippen molar-refractivity contribution in [2.75, 3.05) is 13.2 Å². The molecule has 2 fully saturated rings. The summed E-state index contributed by atoms with van der Waals surface area (Å²) in [5.74, 6) is 2.12. The van der Waals surface area contributed by atoms with E-state index in [1.54, 1.807) is 6.07 Å². The first-order valence-corrected chi connectivity index (χ1v) is 9.71. The minimum atomic E-state index is 0.0789. The van der Waals surface area contributed by atoms with Crippen LogP contribution in [0.5, 0.6) is 17.2 Å². The van der Waals surface area contributed by atoms with Gasteiger partial charge in [0.15, 0.2) is 11.5 Å². The van der Waals surface area contributed by atoms with Gasteiger partial charge in [-0.1, -0.05) is 18.2 Å². The number of ether oxygens (including phenoxy) is 2. The molecule has 2 bridgehead atoms. The monoisotopic (exact) mass is 365 g/mol. The molecule has 2 aromatic rings. The fourth-order valence-electron chi connectivity index (χ4n) is 4.92. The van der Waals surface area contributed by atoms with E-state index in [1.165, 1.54) is 0 Å². The molecule has 1 amide bonds. The van der Waals surface area contributed by atoms with Crippen molar-refractivity contribution in [3.8, 4) is 17.2 Å². The van der Waals surface area contributed by atoms with Gasteiger partial charge in [0.05, 0.1) is 0 Å². The zero-order valence-electron chi connectivity index (χ0n) is 15.1. The molecule has 2 aromatic carbocycles. The molecule has 1 N–H and O–H groups in total. The third-order valence-corrected chi connectivity index (χ3v) is 6.13. The lowest BCUT2D eigenvalue weighted by atomic mass is 9.84. The molecular formula is C22H23NO4. The van der Waals surface area contributed by atoms with Crippen LogP contribution >= 0.6 is 0 Å². The largest absolute Gasteiger partial charge is 0.508 e. The first kappa shape index (κ1) is 16.5. The summed E-state index contributed by atoms with van der Waals surface area (Å²) in [4.78, 5) is 15.3. The summed E-state index contributed by atoms with van der Waals surface area (Å²) in [6, 6.07) is 13.5. The zero-order chi connectivity index (χ0) is 18.4. The third kappa shape index (κ3) is 2.82. The van der Waals surface area contributed by atoms with Crippen LogP contribution in [0.4, 0.5) is 0 Å². The summed E-state index contributed by atoms with van der Waals surface area (Å²) < 4.78 is 11.2. The van der Waals surface area contributed by atoms with E-state index in [1.807, 2.05) is 36.4 Å². The molecule has 0 aromatic heterocycles. The number of rotatable bonds is 2. The van der Waals surface area contributed by atoms with Crippen LogP contribution < -0.4 is 9.47 Å². The highest BCUT2D eigenvalue weighted by Crippen LogP contribution is 2.45. The smallest absolute Gasteiger partial charge is 0.254 e. The van der Waals surface area contributed by atoms with E-state index in [-0.39, 0.29) is 18.0 Å². The number of benzene rings is 2. The second-order valence-corrected chi connectivity index (χ2v) is 7.68. The van der Waals surface area contributed by atoms with Crippen molar-refractivity contribution in [1.82, 2.24) is 4.90 Å². The summed E-state index contributed by atoms with van der Waals surface area (Å²) in [6.45, 7) is 1.06. The molecule has 5 heteroatoms. The van der Waals surface area contributed by atoms with E-state index in [0.717, 1.165) is 31.2 Å². The van der Waals surface area contributed by atoms with Crippen molar-refractivity contribution >= 4 is 5.91 Å². The summed E-state index contributed by atoms with van der Waals surface area (Å²) in [7, 11) is 0. The highest BCUT2D eigenvalue weighted by atomic mass is 16.6. The predicted octanol–water partition coefficient (Wildman–Crippen LogP) is 3.71. The van der Waals surface area contributed by atoms with Gasteiger partial charge in [0.25, 0.3) is 5.91 Å². The molecule has 5 nitrogen and oxygen atoms in total. The first-order chi connectivity index (χ1) is 13.2. The van der Waals surface area contributed by atoms with Crippen LogP contribution in [0.15, 0.2) is 42.5 Å². The fourth-order valence-corrected chi connectivity index (χ4v) is 4.92. The number of hydrogen-bond acceptors (Lipinski definition) is 4. The van der Waals surface area contributed by atoms with E-state index in [2.05, 4.69) is 4.90 Å². The maximum atomic E-state index is 13.2. The summed E-state index contributed by atoms with van der Waals surface area (Å²) in [5, 5.41) is 10.2. The van der Waals surface area contributed by atoms with Gasteiger partial charge in [-0.05, 0) is 61.4 Å². The number of carbonyl (C=O) groups excluding carboxylic acids is 1. The number of phenols is 1. The Morgan fingerprint density at radius 2 is 1.67 bits per heavy atom. The van der Waals surface area contributed by atoms with Crippen molar-refractivity contribution in [1.29, 1.82) is 0 Å². The van der Waals surface area contributed by atoms with Crippen molar-refractivity contribution in [2.45, 2.75) is 43.7 Å². The number of aromatic hydroxyl groups is 1. The predicted molar refractivity (Wildman–Crippen MR) is 100 cm³/mol. The highest BCUT2D eigenvalue weighted by molar-refractivity contribution is 5.95. The molecule has 3 aliphatic heterocycles. The Kier molecular flexibility index (Phi) is 3.96. The Morgan fingerprint density at radius 3 is 2.41 bits per heavy atom. The average molecular weight is 365 g/mol. The Balaban J connectivity index is 1.38. The Labute approximate surface area is 158 Å². The molecule has 0 saturated carbocycles. The number of para-hydroxylation sites is 1. The molecule has 5 rings (SSSR count). The van der Waals surface area contributed by atoms with Crippen LogP contribution in [-0.4, -0.2) is 41.2 Å². The highest BCUT2D eigenvalue weighted by Gasteiger charge is 2.44. The van der Waals surface area contributed by atoms with Crippen molar-refractivity contribution < 1.29 is 19.4 Å². The number of fused-ring (bicyclic) bond motifs is 3. The van der Waals surface area contributed by atoms with Gasteiger partial charge < -0.3 is 19.5 Å². The van der Waals surface area contributed by atoms with Gasteiger partial charge in [-0.15, -0.1) is 0 Å². The van der Waals surface area contributed by atoms with Crippen LogP contribution in [0.3, 0.4) is 0 Å². The second kappa shape index (κ2) is 6.48. The summed E-state index contributed by atoms with van der Waals surface area (Å²) in [5.41, 5.74) is 1.68. The lowest BCUT2D eigenvalue weighted by Gasteiger charge is -2.39. The van der Waals surface area contributed by atoms with Crippen molar-refractivity contribution in [3.63, 3.8) is 0 Å². The number of carbonyl (C=O) groups is 1. The lowest BCUT2D eigenvalue weighted by Crippen LogP contribution is -2.46. The summed E-state index contributed by atoms with van der Waals surface area (Å²) in [6.07, 6.45) is 3.88. The number of piperidine rings is 1. The quantitative estimate of drug-likeness (QED) is 0.881. The van der Waals surface area contributed by atoms with Gasteiger partial charge in [0, 0.05) is 17.6 Å². The molecule has 0 spiro atoms. The normalized spacial score (nSPS) is 26.1. The van der Waals surface area contributed by atoms with Crippen LogP contribution in [0, 0.1) is 0 Å². The molecule has 0 aliphatic carbocycles. The number of hydrogen-bond donors (Lipinski definition) is 1. The molecule has 27 heavy (non-hydrogen) atoms. The van der Waals surface area contributed by atoms with Gasteiger partial charge in [0.2, 0.25) is 0 Å². The Hall–Kier alpha value is -2.69. The standard InChI is InChI=1S/C22H23NO4/c24-19-4-2-1-3-18(19)15-11-16-6-7-17(12-15)23(16)22(25)14-5-8-20-21(13-14)27-10-9-26-20/h1-5,8,13,15-17,24H,6-7,9-12H2/t15-,16+,17-. The molecule has 0 unspecified atom stereocenters. The van der Waals surface area contributed by atoms with E-state index in [4.69, 9.17) is 9.47 Å². The maximum absolute atomic E-state index is 13.2. The third-order valence-electron chi connectivity index (χ3n) is 6.13. The van der Waals surface area contributed by atoms with Gasteiger partial charge in [-0.2, -0.15) is 0 Å². The minimum Gasteiger partial charge on any atom is -0.508 e. The van der Waals surface area contributed by atoms with Gasteiger partial charge >= 0.3 is 0 Å². The number of amides is 1. The van der Waals surface area contributed by atoms with E-state index >= 15 is 0 Å². The van der Waals surface area contributed by atoms with E-state index < -0.39 is 0 Å². The molecule has 0 radical (unpaired) electrons. The van der Waals surface area contributed by atoms with Crippen LogP contribution in [0.1, 0.15) is 47.5 Å². The minimum absolute atomic E-state index is 0.0789. The number of phenolic OH excluding ortho intramolecular Hbond substituents is 1. The van der Waals surface area contributed by atoms with E-state index in [9.17, 15) is 9.90 Å². The van der Waals surface area contributed by atoms with Crippen molar-refractivity contribution in [3.05, 3.63) is 53.6 Å². The Bertz CT molecular complexity index is 866. The average Bonchev–Trinajstić information content (AvgIpc) is 2.97. The maximum Gasteiger partial charge on any atom is 0.254 e. The van der Waals surface area contributed by atoms with Crippen molar-refractivity contribution in [2.24, 2.45) is 0 Å². The molecule has 3 atom stereocenters. The van der Waals surface area contributed by atoms with Crippen LogP contribution in [0.2, 0.25) is 0 Å². The number of nitrogens with zero attached hydrogens (tertiary/aromatic N) is 1. The topological polar surface area (TPSA) is 59.0 Å². The van der Waals surface area contributed by atoms with Gasteiger partial charge in [-0.3, -0.25) is 4.79 Å². The first-order valence-electron chi connectivity index (χ1n) is 9.71. The van der Waals surface area contributed by atoms with Crippen LogP contribution in [0.25, 0.3) is 0 Å². The fraction of sp³-hybridized carbons (Fsp3) is 0.409. The van der Waals surface area contributed by atoms with E-state index in [0.29, 0.717) is 41.9 Å². The second-order valence-electron chi connectivity index (χ2n) is 7.68. The SMILES string of the molecule is O=C(c1ccc2c(c1)OCCO2)N1[C@@H]2CC[C@H]1C[C@@H](c1ccccc1O)C2. The van der Waals surface area contributed by atoms with Gasteiger partial charge in [-0.25, -0.2) is 0 Å². The van der Waals surface area contributed by atoms with Crippen LogP contribution in [-0.2, 0) is 0 Å².